The van der Waals surface area contributed by atoms with Gasteiger partial charge >= 0.3 is 0 Å². The van der Waals surface area contributed by atoms with Crippen LogP contribution in [0.4, 0.5) is 0 Å². The Balaban J connectivity index is 2.51. The summed E-state index contributed by atoms with van der Waals surface area (Å²) in [7, 11) is 0. The van der Waals surface area contributed by atoms with Crippen LogP contribution in [0.3, 0.4) is 0 Å². The number of hydrogen-bond donors (Lipinski definition) is 3. The topological polar surface area (TPSA) is 75.3 Å². The Hall–Kier alpha value is -0.610. The maximum atomic E-state index is 12.0. The molecule has 0 spiro atoms. The molecule has 3 atom stereocenters. The van der Waals surface area contributed by atoms with Crippen LogP contribution in [0.25, 0.3) is 0 Å². The number of nitrogens with two attached hydrogens (primary N) is 1. The van der Waals surface area contributed by atoms with Gasteiger partial charge in [-0.3, -0.25) is 4.79 Å². The van der Waals surface area contributed by atoms with Crippen molar-refractivity contribution in [2.75, 3.05) is 0 Å². The highest BCUT2D eigenvalue weighted by atomic mass is 16.3. The van der Waals surface area contributed by atoms with E-state index in [9.17, 15) is 9.90 Å². The molecule has 16 heavy (non-hydrogen) atoms. The molecule has 94 valence electrons. The van der Waals surface area contributed by atoms with Gasteiger partial charge in [-0.2, -0.15) is 0 Å². The van der Waals surface area contributed by atoms with E-state index in [-0.39, 0.29) is 17.9 Å². The molecule has 0 heterocycles. The van der Waals surface area contributed by atoms with Crippen LogP contribution in [0, 0.1) is 5.92 Å². The molecule has 1 aliphatic rings. The van der Waals surface area contributed by atoms with Crippen molar-refractivity contribution in [1.82, 2.24) is 5.32 Å². The maximum absolute atomic E-state index is 12.0. The van der Waals surface area contributed by atoms with Crippen molar-refractivity contribution < 1.29 is 9.90 Å². The van der Waals surface area contributed by atoms with E-state index in [2.05, 4.69) is 5.32 Å². The maximum Gasteiger partial charge on any atom is 0.223 e. The molecule has 1 amide bonds. The molecule has 0 bridgehead atoms. The fraction of sp³-hybridized carbons (Fsp3) is 0.917. The lowest BCUT2D eigenvalue weighted by Crippen LogP contribution is -2.53. The Kier molecular flexibility index (Phi) is 4.33. The van der Waals surface area contributed by atoms with Gasteiger partial charge in [-0.1, -0.05) is 6.42 Å². The molecule has 1 saturated carbocycles. The Bertz CT molecular complexity index is 251. The average Bonchev–Trinajstić information content (AvgIpc) is 2.16. The van der Waals surface area contributed by atoms with Crippen LogP contribution in [0.2, 0.25) is 0 Å². The summed E-state index contributed by atoms with van der Waals surface area (Å²) in [5.41, 5.74) is 5.29. The molecular formula is C12H24N2O2. The van der Waals surface area contributed by atoms with Crippen LogP contribution in [0.15, 0.2) is 0 Å². The van der Waals surface area contributed by atoms with E-state index >= 15 is 0 Å². The first-order valence-electron chi connectivity index (χ1n) is 6.08. The summed E-state index contributed by atoms with van der Waals surface area (Å²) < 4.78 is 0. The predicted octanol–water partition coefficient (Wildman–Crippen LogP) is 0.779. The highest BCUT2D eigenvalue weighted by Gasteiger charge is 2.31. The van der Waals surface area contributed by atoms with E-state index in [0.717, 1.165) is 25.7 Å². The molecule has 0 aromatic heterocycles. The summed E-state index contributed by atoms with van der Waals surface area (Å²) >= 11 is 0. The first-order chi connectivity index (χ1) is 7.33. The van der Waals surface area contributed by atoms with E-state index in [4.69, 9.17) is 5.73 Å². The average molecular weight is 228 g/mol. The van der Waals surface area contributed by atoms with Crippen LogP contribution >= 0.6 is 0 Å². The summed E-state index contributed by atoms with van der Waals surface area (Å²) in [5, 5.41) is 12.4. The van der Waals surface area contributed by atoms with E-state index in [1.807, 2.05) is 13.8 Å². The largest absolute Gasteiger partial charge is 0.391 e. The van der Waals surface area contributed by atoms with Gasteiger partial charge in [-0.25, -0.2) is 0 Å². The fourth-order valence-corrected chi connectivity index (χ4v) is 1.99. The van der Waals surface area contributed by atoms with Gasteiger partial charge in [0.1, 0.15) is 0 Å². The van der Waals surface area contributed by atoms with Crippen LogP contribution in [-0.4, -0.2) is 28.7 Å². The van der Waals surface area contributed by atoms with E-state index < -0.39 is 11.6 Å². The Labute approximate surface area is 97.6 Å². The van der Waals surface area contributed by atoms with E-state index in [0.29, 0.717) is 0 Å². The van der Waals surface area contributed by atoms with Gasteiger partial charge in [-0.05, 0) is 40.0 Å². The van der Waals surface area contributed by atoms with Crippen molar-refractivity contribution in [1.29, 1.82) is 0 Å². The summed E-state index contributed by atoms with van der Waals surface area (Å²) in [6.07, 6.45) is 3.16. The molecule has 0 saturated heterocycles. The van der Waals surface area contributed by atoms with Gasteiger partial charge in [0.15, 0.2) is 0 Å². The van der Waals surface area contributed by atoms with Gasteiger partial charge in [0.05, 0.1) is 11.6 Å². The lowest BCUT2D eigenvalue weighted by Gasteiger charge is -2.33. The summed E-state index contributed by atoms with van der Waals surface area (Å²) in [6, 6.07) is 0.152. The standard InChI is InChI=1S/C12H24N2O2/c1-8(15)12(2,3)14-11(16)9-5-4-6-10(13)7-9/h8-10,15H,4-7,13H2,1-3H3,(H,14,16). The first-order valence-corrected chi connectivity index (χ1v) is 6.08. The number of aliphatic hydroxyl groups is 1. The van der Waals surface area contributed by atoms with Crippen molar-refractivity contribution in [2.45, 2.75) is 64.1 Å². The molecule has 4 heteroatoms. The third-order valence-electron chi connectivity index (χ3n) is 3.58. The second-order valence-electron chi connectivity index (χ2n) is 5.51. The second-order valence-corrected chi connectivity index (χ2v) is 5.51. The first kappa shape index (κ1) is 13.5. The van der Waals surface area contributed by atoms with Gasteiger partial charge in [-0.15, -0.1) is 0 Å². The third-order valence-corrected chi connectivity index (χ3v) is 3.58. The number of amides is 1. The third kappa shape index (κ3) is 3.46. The number of aliphatic hydroxyl groups excluding tert-OH is 1. The summed E-state index contributed by atoms with van der Waals surface area (Å²) in [4.78, 5) is 12.0. The van der Waals surface area contributed by atoms with Gasteiger partial charge < -0.3 is 16.2 Å². The molecule has 1 fully saturated rings. The zero-order chi connectivity index (χ0) is 12.3. The molecule has 1 rings (SSSR count). The smallest absolute Gasteiger partial charge is 0.223 e. The van der Waals surface area contributed by atoms with Crippen LogP contribution in [0.1, 0.15) is 46.5 Å². The fourth-order valence-electron chi connectivity index (χ4n) is 1.99. The predicted molar refractivity (Wildman–Crippen MR) is 63.8 cm³/mol. The zero-order valence-corrected chi connectivity index (χ0v) is 10.5. The van der Waals surface area contributed by atoms with Crippen molar-refractivity contribution in [2.24, 2.45) is 11.7 Å². The number of carbonyl (C=O) groups excluding carboxylic acids is 1. The molecular weight excluding hydrogens is 204 g/mol. The van der Waals surface area contributed by atoms with Crippen LogP contribution < -0.4 is 11.1 Å². The SMILES string of the molecule is CC(O)C(C)(C)NC(=O)C1CCCC(N)C1. The minimum Gasteiger partial charge on any atom is -0.391 e. The quantitative estimate of drug-likeness (QED) is 0.668. The molecule has 3 unspecified atom stereocenters. The van der Waals surface area contributed by atoms with Crippen LogP contribution in [-0.2, 0) is 4.79 Å². The zero-order valence-electron chi connectivity index (χ0n) is 10.5. The minimum atomic E-state index is -0.571. The molecule has 0 radical (unpaired) electrons. The molecule has 0 aliphatic heterocycles. The van der Waals surface area contributed by atoms with E-state index in [1.165, 1.54) is 0 Å². The van der Waals surface area contributed by atoms with Gasteiger partial charge in [0.2, 0.25) is 5.91 Å². The molecule has 1 aliphatic carbocycles. The van der Waals surface area contributed by atoms with Gasteiger partial charge in [0, 0.05) is 12.0 Å². The van der Waals surface area contributed by atoms with Crippen molar-refractivity contribution in [3.63, 3.8) is 0 Å². The second kappa shape index (κ2) is 5.15. The molecule has 0 aromatic rings. The minimum absolute atomic E-state index is 0.0155. The highest BCUT2D eigenvalue weighted by Crippen LogP contribution is 2.24. The highest BCUT2D eigenvalue weighted by molar-refractivity contribution is 5.79. The Morgan fingerprint density at radius 3 is 2.62 bits per heavy atom. The Morgan fingerprint density at radius 2 is 2.12 bits per heavy atom. The molecule has 4 N–H and O–H groups in total. The number of hydrogen-bond acceptors (Lipinski definition) is 3. The number of nitrogens with one attached hydrogen (secondary N) is 1. The normalized spacial score (nSPS) is 28.6. The van der Waals surface area contributed by atoms with Gasteiger partial charge in [0.25, 0.3) is 0 Å². The lowest BCUT2D eigenvalue weighted by molar-refractivity contribution is -0.129. The molecule has 0 aromatic carbocycles. The summed E-state index contributed by atoms with van der Waals surface area (Å²) in [5.74, 6) is 0.0443. The van der Waals surface area contributed by atoms with Crippen LogP contribution in [0.5, 0.6) is 0 Å². The summed E-state index contributed by atoms with van der Waals surface area (Å²) in [6.45, 7) is 5.35. The van der Waals surface area contributed by atoms with Crippen molar-refractivity contribution in [3.05, 3.63) is 0 Å². The number of rotatable bonds is 3. The lowest BCUT2D eigenvalue weighted by atomic mass is 9.84. The number of carbonyl (C=O) groups is 1. The monoisotopic (exact) mass is 228 g/mol. The molecule has 4 nitrogen and oxygen atoms in total. The van der Waals surface area contributed by atoms with Crippen molar-refractivity contribution in [3.8, 4) is 0 Å². The van der Waals surface area contributed by atoms with E-state index in [1.54, 1.807) is 6.92 Å². The Morgan fingerprint density at radius 1 is 1.50 bits per heavy atom. The van der Waals surface area contributed by atoms with Crippen molar-refractivity contribution >= 4 is 5.91 Å².